The van der Waals surface area contributed by atoms with Crippen molar-refractivity contribution in [2.24, 2.45) is 5.92 Å². The highest BCUT2D eigenvalue weighted by molar-refractivity contribution is 5.94. The van der Waals surface area contributed by atoms with Gasteiger partial charge in [0.2, 0.25) is 11.8 Å². The standard InChI is InChI=1S/C29H41F2N5O3/c1-26(2,3)20-13-21(18-7-9-29(30,31)10-8-18)33-36-16-22(32-23(20)36)25(38)35-12-11-34(17-27(35,4)5)24(37)19-14-28(6,39)15-19/h13,16,18-19,39H,7-12,14-15,17H2,1-6H3. The molecule has 0 radical (unpaired) electrons. The van der Waals surface area contributed by atoms with Crippen molar-refractivity contribution in [1.82, 2.24) is 24.4 Å². The van der Waals surface area contributed by atoms with E-state index in [1.54, 1.807) is 22.5 Å². The van der Waals surface area contributed by atoms with Crippen LogP contribution in [0, 0.1) is 5.92 Å². The highest BCUT2D eigenvalue weighted by Gasteiger charge is 2.47. The quantitative estimate of drug-likeness (QED) is 0.612. The minimum atomic E-state index is -2.61. The first-order valence-corrected chi connectivity index (χ1v) is 14.1. The smallest absolute Gasteiger partial charge is 0.274 e. The number of fused-ring (bicyclic) bond motifs is 1. The fourth-order valence-corrected chi connectivity index (χ4v) is 6.48. The molecular formula is C29H41F2N5O3. The monoisotopic (exact) mass is 545 g/mol. The molecule has 5 rings (SSSR count). The molecule has 39 heavy (non-hydrogen) atoms. The second kappa shape index (κ2) is 9.21. The van der Waals surface area contributed by atoms with Crippen molar-refractivity contribution >= 4 is 17.5 Å². The molecule has 3 aliphatic rings. The van der Waals surface area contributed by atoms with E-state index in [0.29, 0.717) is 51.0 Å². The Morgan fingerprint density at radius 2 is 1.72 bits per heavy atom. The zero-order chi connectivity index (χ0) is 28.5. The van der Waals surface area contributed by atoms with Crippen LogP contribution in [-0.4, -0.2) is 78.0 Å². The molecule has 0 bridgehead atoms. The molecule has 1 saturated heterocycles. The first-order chi connectivity index (χ1) is 18.0. The lowest BCUT2D eigenvalue weighted by molar-refractivity contribution is -0.153. The summed E-state index contributed by atoms with van der Waals surface area (Å²) in [6, 6.07) is 1.98. The number of carbonyl (C=O) groups is 2. The van der Waals surface area contributed by atoms with E-state index in [1.165, 1.54) is 0 Å². The Kier molecular flexibility index (Phi) is 6.60. The third-order valence-corrected chi connectivity index (χ3v) is 8.79. The maximum Gasteiger partial charge on any atom is 0.274 e. The van der Waals surface area contributed by atoms with Crippen LogP contribution in [0.3, 0.4) is 0 Å². The van der Waals surface area contributed by atoms with Crippen LogP contribution in [0.2, 0.25) is 0 Å². The van der Waals surface area contributed by atoms with Gasteiger partial charge >= 0.3 is 0 Å². The third kappa shape index (κ3) is 5.41. The molecule has 3 fully saturated rings. The van der Waals surface area contributed by atoms with Gasteiger partial charge in [0.25, 0.3) is 5.91 Å². The summed E-state index contributed by atoms with van der Waals surface area (Å²) in [7, 11) is 0. The zero-order valence-corrected chi connectivity index (χ0v) is 23.9. The zero-order valence-electron chi connectivity index (χ0n) is 23.9. The Balaban J connectivity index is 1.38. The highest BCUT2D eigenvalue weighted by Crippen LogP contribution is 2.42. The average molecular weight is 546 g/mol. The maximum atomic E-state index is 13.8. The molecule has 1 aliphatic heterocycles. The molecule has 1 N–H and O–H groups in total. The molecule has 2 aromatic rings. The van der Waals surface area contributed by atoms with E-state index < -0.39 is 17.1 Å². The topological polar surface area (TPSA) is 91.0 Å². The fourth-order valence-electron chi connectivity index (χ4n) is 6.48. The summed E-state index contributed by atoms with van der Waals surface area (Å²) in [5, 5.41) is 14.8. The van der Waals surface area contributed by atoms with E-state index in [1.807, 2.05) is 24.8 Å². The van der Waals surface area contributed by atoms with Crippen molar-refractivity contribution in [2.45, 2.75) is 108 Å². The molecule has 2 amide bonds. The predicted octanol–water partition coefficient (Wildman–Crippen LogP) is 4.54. The summed E-state index contributed by atoms with van der Waals surface area (Å²) < 4.78 is 29.2. The highest BCUT2D eigenvalue weighted by atomic mass is 19.3. The largest absolute Gasteiger partial charge is 0.390 e. The van der Waals surface area contributed by atoms with Crippen LogP contribution in [0.5, 0.6) is 0 Å². The summed E-state index contributed by atoms with van der Waals surface area (Å²) in [6.45, 7) is 13.1. The first-order valence-electron chi connectivity index (χ1n) is 14.1. The van der Waals surface area contributed by atoms with E-state index in [4.69, 9.17) is 10.1 Å². The van der Waals surface area contributed by atoms with Gasteiger partial charge in [-0.3, -0.25) is 9.59 Å². The summed E-state index contributed by atoms with van der Waals surface area (Å²) in [5.41, 5.74) is 0.907. The Labute approximate surface area is 228 Å². The molecule has 2 saturated carbocycles. The van der Waals surface area contributed by atoms with Gasteiger partial charge in [0.15, 0.2) is 5.65 Å². The van der Waals surface area contributed by atoms with Crippen molar-refractivity contribution in [3.8, 4) is 0 Å². The number of hydrogen-bond donors (Lipinski definition) is 1. The van der Waals surface area contributed by atoms with Gasteiger partial charge in [-0.2, -0.15) is 5.10 Å². The minimum Gasteiger partial charge on any atom is -0.390 e. The van der Waals surface area contributed by atoms with E-state index in [0.717, 1.165) is 11.3 Å². The molecule has 8 nitrogen and oxygen atoms in total. The second-order valence-electron chi connectivity index (χ2n) is 13.9. The molecule has 0 aromatic carbocycles. The molecule has 2 aliphatic carbocycles. The van der Waals surface area contributed by atoms with E-state index in [-0.39, 0.29) is 47.6 Å². The number of hydrogen-bond acceptors (Lipinski definition) is 5. The van der Waals surface area contributed by atoms with Crippen LogP contribution in [0.15, 0.2) is 12.3 Å². The van der Waals surface area contributed by atoms with Crippen LogP contribution >= 0.6 is 0 Å². The van der Waals surface area contributed by atoms with E-state index >= 15 is 0 Å². The Morgan fingerprint density at radius 1 is 1.08 bits per heavy atom. The lowest BCUT2D eigenvalue weighted by Gasteiger charge is -2.49. The molecule has 0 spiro atoms. The van der Waals surface area contributed by atoms with Gasteiger partial charge in [0.05, 0.1) is 23.0 Å². The van der Waals surface area contributed by atoms with Gasteiger partial charge < -0.3 is 14.9 Å². The van der Waals surface area contributed by atoms with Gasteiger partial charge in [0.1, 0.15) is 5.69 Å². The molecule has 214 valence electrons. The van der Waals surface area contributed by atoms with Crippen LogP contribution in [0.1, 0.15) is 108 Å². The third-order valence-electron chi connectivity index (χ3n) is 8.79. The van der Waals surface area contributed by atoms with Crippen molar-refractivity contribution in [3.05, 3.63) is 29.2 Å². The Morgan fingerprint density at radius 3 is 2.28 bits per heavy atom. The number of piperazine rings is 1. The number of nitrogens with zero attached hydrogens (tertiary/aromatic N) is 5. The predicted molar refractivity (Wildman–Crippen MR) is 143 cm³/mol. The van der Waals surface area contributed by atoms with Gasteiger partial charge in [-0.05, 0) is 57.9 Å². The molecule has 10 heteroatoms. The lowest BCUT2D eigenvalue weighted by Crippen LogP contribution is -2.63. The normalized spacial score (nSPS) is 27.5. The second-order valence-corrected chi connectivity index (χ2v) is 13.9. The Hall–Kier alpha value is -2.62. The fraction of sp³-hybridized carbons (Fsp3) is 0.724. The van der Waals surface area contributed by atoms with Gasteiger partial charge in [0, 0.05) is 49.9 Å². The number of imidazole rings is 1. The number of amides is 2. The summed E-state index contributed by atoms with van der Waals surface area (Å²) >= 11 is 0. The van der Waals surface area contributed by atoms with Crippen molar-refractivity contribution in [3.63, 3.8) is 0 Å². The minimum absolute atomic E-state index is 0.0430. The van der Waals surface area contributed by atoms with Crippen molar-refractivity contribution in [2.75, 3.05) is 19.6 Å². The number of aromatic nitrogens is 3. The molecule has 3 heterocycles. The number of carbonyl (C=O) groups excluding carboxylic acids is 2. The maximum absolute atomic E-state index is 13.8. The summed E-state index contributed by atoms with van der Waals surface area (Å²) in [6.07, 6.45) is 3.08. The first kappa shape index (κ1) is 27.9. The van der Waals surface area contributed by atoms with Gasteiger partial charge in [-0.1, -0.05) is 20.8 Å². The molecular weight excluding hydrogens is 504 g/mol. The lowest BCUT2D eigenvalue weighted by atomic mass is 9.71. The van der Waals surface area contributed by atoms with Gasteiger partial charge in [-0.15, -0.1) is 0 Å². The van der Waals surface area contributed by atoms with Gasteiger partial charge in [-0.25, -0.2) is 18.3 Å². The van der Waals surface area contributed by atoms with Crippen LogP contribution in [-0.2, 0) is 10.2 Å². The van der Waals surface area contributed by atoms with Crippen molar-refractivity contribution in [1.29, 1.82) is 0 Å². The van der Waals surface area contributed by atoms with E-state index in [9.17, 15) is 23.5 Å². The summed E-state index contributed by atoms with van der Waals surface area (Å²) in [4.78, 5) is 35.1. The van der Waals surface area contributed by atoms with E-state index in [2.05, 4.69) is 20.8 Å². The van der Waals surface area contributed by atoms with Crippen molar-refractivity contribution < 1.29 is 23.5 Å². The van der Waals surface area contributed by atoms with Crippen LogP contribution in [0.4, 0.5) is 8.78 Å². The molecule has 0 atom stereocenters. The number of halogens is 2. The average Bonchev–Trinajstić information content (AvgIpc) is 3.24. The number of alkyl halides is 2. The molecule has 0 unspecified atom stereocenters. The van der Waals surface area contributed by atoms with Crippen LogP contribution < -0.4 is 0 Å². The summed E-state index contributed by atoms with van der Waals surface area (Å²) in [5.74, 6) is -3.01. The molecule has 2 aromatic heterocycles. The van der Waals surface area contributed by atoms with Crippen LogP contribution in [0.25, 0.3) is 5.65 Å². The number of aliphatic hydroxyl groups is 1. The SMILES string of the molecule is CC1(O)CC(C(=O)N2CCN(C(=O)c3cn4nc(C5CCC(F)(F)CC5)cc(C(C)(C)C)c4n3)C(C)(C)C2)C1. The Bertz CT molecular complexity index is 1280. The number of rotatable bonds is 3.